The summed E-state index contributed by atoms with van der Waals surface area (Å²) < 4.78 is 0. The molecule has 4 rings (SSSR count). The van der Waals surface area contributed by atoms with Gasteiger partial charge in [0, 0.05) is 48.4 Å². The fraction of sp³-hybridized carbons (Fsp3) is 0.333. The lowest BCUT2D eigenvalue weighted by atomic mass is 10.0. The fourth-order valence-electron chi connectivity index (χ4n) is 3.73. The highest BCUT2D eigenvalue weighted by Gasteiger charge is 2.21. The van der Waals surface area contributed by atoms with Gasteiger partial charge in [0.25, 0.3) is 0 Å². The molecule has 0 aromatic carbocycles. The third-order valence-corrected chi connectivity index (χ3v) is 5.77. The molecule has 0 aliphatic carbocycles. The summed E-state index contributed by atoms with van der Waals surface area (Å²) in [5.74, 6) is 0. The highest BCUT2D eigenvalue weighted by molar-refractivity contribution is 7.98. The topological polar surface area (TPSA) is 44.8 Å². The van der Waals surface area contributed by atoms with Crippen molar-refractivity contribution in [3.8, 4) is 11.3 Å². The second kappa shape index (κ2) is 6.80. The third kappa shape index (κ3) is 3.12. The van der Waals surface area contributed by atoms with Gasteiger partial charge in [-0.05, 0) is 61.9 Å². The van der Waals surface area contributed by atoms with E-state index in [0.29, 0.717) is 0 Å². The molecule has 3 aromatic heterocycles. The predicted molar refractivity (Wildman–Crippen MR) is 109 cm³/mol. The van der Waals surface area contributed by atoms with Crippen LogP contribution < -0.4 is 4.90 Å². The number of hydrogen-bond acceptors (Lipinski definition) is 4. The number of anilines is 1. The second-order valence-electron chi connectivity index (χ2n) is 7.01. The number of fused-ring (bicyclic) bond motifs is 1. The average molecular weight is 365 g/mol. The summed E-state index contributed by atoms with van der Waals surface area (Å²) in [5, 5.41) is 1.08. The zero-order valence-electron chi connectivity index (χ0n) is 15.8. The summed E-state index contributed by atoms with van der Waals surface area (Å²) in [4.78, 5) is 15.1. The van der Waals surface area contributed by atoms with Gasteiger partial charge >= 0.3 is 0 Å². The monoisotopic (exact) mass is 364 g/mol. The largest absolute Gasteiger partial charge is 0.365 e. The van der Waals surface area contributed by atoms with Crippen LogP contribution in [0.1, 0.15) is 28.1 Å². The third-order valence-electron chi connectivity index (χ3n) is 5.13. The molecule has 0 saturated carbocycles. The van der Waals surface area contributed by atoms with E-state index in [1.54, 1.807) is 11.8 Å². The van der Waals surface area contributed by atoms with E-state index in [-0.39, 0.29) is 0 Å². The van der Waals surface area contributed by atoms with Gasteiger partial charge in [-0.1, -0.05) is 0 Å². The van der Waals surface area contributed by atoms with Crippen molar-refractivity contribution in [3.05, 3.63) is 58.7 Å². The number of nitrogens with one attached hydrogen (secondary N) is 1. The summed E-state index contributed by atoms with van der Waals surface area (Å²) in [7, 11) is 0. The summed E-state index contributed by atoms with van der Waals surface area (Å²) in [6.45, 7) is 8.30. The fourth-order valence-corrected chi connectivity index (χ4v) is 4.18. The maximum atomic E-state index is 4.57. The highest BCUT2D eigenvalue weighted by Crippen LogP contribution is 2.31. The minimum atomic E-state index is 0.922. The molecule has 3 aromatic rings. The van der Waals surface area contributed by atoms with Crippen molar-refractivity contribution < 1.29 is 0 Å². The van der Waals surface area contributed by atoms with E-state index in [1.165, 1.54) is 39.3 Å². The van der Waals surface area contributed by atoms with Crippen LogP contribution in [0.5, 0.6) is 0 Å². The summed E-state index contributed by atoms with van der Waals surface area (Å²) in [5.41, 5.74) is 9.95. The van der Waals surface area contributed by atoms with Crippen LogP contribution in [-0.2, 0) is 13.0 Å². The lowest BCUT2D eigenvalue weighted by Crippen LogP contribution is -2.30. The molecule has 0 atom stereocenters. The van der Waals surface area contributed by atoms with Gasteiger partial charge in [-0.25, -0.2) is 4.98 Å². The van der Waals surface area contributed by atoms with Crippen molar-refractivity contribution >= 4 is 17.4 Å². The van der Waals surface area contributed by atoms with Crippen molar-refractivity contribution in [2.24, 2.45) is 0 Å². The molecule has 1 N–H and O–H groups in total. The molecular formula is C21H24N4S. The van der Waals surface area contributed by atoms with Crippen LogP contribution in [0.2, 0.25) is 0 Å². The van der Waals surface area contributed by atoms with Gasteiger partial charge in [0.2, 0.25) is 0 Å². The van der Waals surface area contributed by atoms with Crippen molar-refractivity contribution in [1.29, 1.82) is 0 Å². The molecular weight excluding hydrogens is 340 g/mol. The van der Waals surface area contributed by atoms with Gasteiger partial charge in [0.1, 0.15) is 0 Å². The standard InChI is InChI=1S/C21H24N4S/c1-13-7-15(3)22-10-17(13)19-9-16-12-25(6-5-18(16)24-19)20-11-23-21(26-4)8-14(20)2/h7-11,24H,5-6,12H2,1-4H3. The normalized spacial score (nSPS) is 13.8. The van der Waals surface area contributed by atoms with Crippen LogP contribution in [0.15, 0.2) is 35.6 Å². The van der Waals surface area contributed by atoms with E-state index in [0.717, 1.165) is 30.2 Å². The minimum absolute atomic E-state index is 0.922. The zero-order chi connectivity index (χ0) is 18.3. The zero-order valence-corrected chi connectivity index (χ0v) is 16.6. The quantitative estimate of drug-likeness (QED) is 0.685. The molecule has 4 nitrogen and oxygen atoms in total. The number of hydrogen-bond donors (Lipinski definition) is 1. The smallest absolute Gasteiger partial charge is 0.0961 e. The van der Waals surface area contributed by atoms with Crippen LogP contribution in [0, 0.1) is 20.8 Å². The number of aromatic amines is 1. The Morgan fingerprint density at radius 1 is 1.04 bits per heavy atom. The number of nitrogens with zero attached hydrogens (tertiary/aromatic N) is 3. The molecule has 5 heteroatoms. The van der Waals surface area contributed by atoms with Gasteiger partial charge < -0.3 is 9.88 Å². The van der Waals surface area contributed by atoms with E-state index in [2.05, 4.69) is 58.2 Å². The van der Waals surface area contributed by atoms with Gasteiger partial charge in [-0.3, -0.25) is 4.98 Å². The van der Waals surface area contributed by atoms with Crippen LogP contribution in [0.4, 0.5) is 5.69 Å². The van der Waals surface area contributed by atoms with Gasteiger partial charge in [-0.15, -0.1) is 11.8 Å². The number of aryl methyl sites for hydroxylation is 3. The number of thioether (sulfide) groups is 1. The Kier molecular flexibility index (Phi) is 4.49. The van der Waals surface area contributed by atoms with Crippen molar-refractivity contribution in [1.82, 2.24) is 15.0 Å². The first kappa shape index (κ1) is 17.2. The van der Waals surface area contributed by atoms with Crippen molar-refractivity contribution in [2.75, 3.05) is 17.7 Å². The van der Waals surface area contributed by atoms with E-state index in [1.807, 2.05) is 19.3 Å². The molecule has 1 aliphatic rings. The first-order valence-electron chi connectivity index (χ1n) is 8.95. The number of H-pyrrole nitrogens is 1. The predicted octanol–water partition coefficient (Wildman–Crippen LogP) is 4.68. The number of pyridine rings is 2. The van der Waals surface area contributed by atoms with Crippen molar-refractivity contribution in [3.63, 3.8) is 0 Å². The molecule has 0 bridgehead atoms. The van der Waals surface area contributed by atoms with Crippen molar-refractivity contribution in [2.45, 2.75) is 38.8 Å². The minimum Gasteiger partial charge on any atom is -0.365 e. The van der Waals surface area contributed by atoms with E-state index >= 15 is 0 Å². The maximum Gasteiger partial charge on any atom is 0.0961 e. The van der Waals surface area contributed by atoms with E-state index in [4.69, 9.17) is 0 Å². The van der Waals surface area contributed by atoms with Gasteiger partial charge in [0.05, 0.1) is 16.9 Å². The Bertz CT molecular complexity index is 961. The van der Waals surface area contributed by atoms with Gasteiger partial charge in [-0.2, -0.15) is 0 Å². The number of aromatic nitrogens is 3. The lowest BCUT2D eigenvalue weighted by Gasteiger charge is -2.30. The molecule has 0 spiro atoms. The average Bonchev–Trinajstić information content (AvgIpc) is 3.04. The summed E-state index contributed by atoms with van der Waals surface area (Å²) in [6, 6.07) is 6.61. The molecule has 4 heterocycles. The summed E-state index contributed by atoms with van der Waals surface area (Å²) in [6.07, 6.45) is 7.10. The van der Waals surface area contributed by atoms with Crippen LogP contribution in [-0.4, -0.2) is 27.8 Å². The SMILES string of the molecule is CSc1cc(C)c(N2CCc3[nH]c(-c4cnc(C)cc4C)cc3C2)cn1. The Balaban J connectivity index is 1.63. The Hall–Kier alpha value is -2.27. The summed E-state index contributed by atoms with van der Waals surface area (Å²) >= 11 is 1.69. The van der Waals surface area contributed by atoms with E-state index < -0.39 is 0 Å². The van der Waals surface area contributed by atoms with Crippen LogP contribution in [0.25, 0.3) is 11.3 Å². The Labute approximate surface area is 159 Å². The van der Waals surface area contributed by atoms with E-state index in [9.17, 15) is 0 Å². The molecule has 0 radical (unpaired) electrons. The van der Waals surface area contributed by atoms with Gasteiger partial charge in [0.15, 0.2) is 0 Å². The Morgan fingerprint density at radius 2 is 1.88 bits per heavy atom. The molecule has 0 unspecified atom stereocenters. The Morgan fingerprint density at radius 3 is 2.62 bits per heavy atom. The molecule has 1 aliphatic heterocycles. The van der Waals surface area contributed by atoms with Crippen LogP contribution >= 0.6 is 11.8 Å². The first-order chi connectivity index (χ1) is 12.5. The number of rotatable bonds is 3. The molecule has 26 heavy (non-hydrogen) atoms. The highest BCUT2D eigenvalue weighted by atomic mass is 32.2. The first-order valence-corrected chi connectivity index (χ1v) is 10.2. The molecule has 0 saturated heterocycles. The van der Waals surface area contributed by atoms with Crippen LogP contribution in [0.3, 0.4) is 0 Å². The molecule has 134 valence electrons. The molecule has 0 fully saturated rings. The molecule has 0 amide bonds. The maximum absolute atomic E-state index is 4.57. The second-order valence-corrected chi connectivity index (χ2v) is 7.84. The lowest BCUT2D eigenvalue weighted by molar-refractivity contribution is 0.718.